The molecule has 0 bridgehead atoms. The van der Waals surface area contributed by atoms with Gasteiger partial charge < -0.3 is 20.3 Å². The van der Waals surface area contributed by atoms with Gasteiger partial charge >= 0.3 is 0 Å². The second kappa shape index (κ2) is 14.2. The van der Waals surface area contributed by atoms with Crippen LogP contribution < -0.4 is 10.6 Å². The van der Waals surface area contributed by atoms with Gasteiger partial charge in [0.1, 0.15) is 0 Å². The van der Waals surface area contributed by atoms with E-state index in [1.807, 2.05) is 56.3 Å². The normalized spacial score (nSPS) is 15.9. The van der Waals surface area contributed by atoms with Crippen molar-refractivity contribution < 1.29 is 9.53 Å². The van der Waals surface area contributed by atoms with E-state index < -0.39 is 0 Å². The molecule has 1 saturated heterocycles. The zero-order valence-corrected chi connectivity index (χ0v) is 22.3. The third-order valence-corrected chi connectivity index (χ3v) is 5.54. The SMILES string of the molecule is CCNC(=NCc1ccc(NC(=O)C(C)C)cc1)N1CCC(COCc2ccccc2)C1.I. The van der Waals surface area contributed by atoms with Crippen LogP contribution in [0.5, 0.6) is 0 Å². The Bertz CT molecular complexity index is 872. The maximum Gasteiger partial charge on any atom is 0.226 e. The van der Waals surface area contributed by atoms with Gasteiger partial charge in [-0.1, -0.05) is 56.3 Å². The van der Waals surface area contributed by atoms with E-state index in [1.165, 1.54) is 5.56 Å². The number of ether oxygens (including phenoxy) is 1. The van der Waals surface area contributed by atoms with Gasteiger partial charge in [0.15, 0.2) is 5.96 Å². The second-order valence-electron chi connectivity index (χ2n) is 8.61. The Morgan fingerprint density at radius 1 is 1.12 bits per heavy atom. The summed E-state index contributed by atoms with van der Waals surface area (Å²) in [5, 5.41) is 6.35. The summed E-state index contributed by atoms with van der Waals surface area (Å²) in [6, 6.07) is 18.2. The molecule has 0 spiro atoms. The van der Waals surface area contributed by atoms with Crippen molar-refractivity contribution in [2.45, 2.75) is 40.3 Å². The summed E-state index contributed by atoms with van der Waals surface area (Å²) in [7, 11) is 0. The third-order valence-electron chi connectivity index (χ3n) is 5.54. The predicted molar refractivity (Wildman–Crippen MR) is 146 cm³/mol. The molecule has 2 aromatic rings. The first kappa shape index (κ1) is 27.1. The van der Waals surface area contributed by atoms with E-state index in [1.54, 1.807) is 0 Å². The molecule has 1 unspecified atom stereocenters. The Kier molecular flexibility index (Phi) is 11.7. The van der Waals surface area contributed by atoms with Crippen molar-refractivity contribution in [2.75, 3.05) is 31.6 Å². The minimum atomic E-state index is -0.0324. The molecule has 1 aliphatic rings. The first-order chi connectivity index (χ1) is 15.5. The summed E-state index contributed by atoms with van der Waals surface area (Å²) in [6.45, 7) is 10.7. The van der Waals surface area contributed by atoms with Crippen LogP contribution in [0.1, 0.15) is 38.3 Å². The number of hydrogen-bond donors (Lipinski definition) is 2. The van der Waals surface area contributed by atoms with Crippen molar-refractivity contribution >= 4 is 41.5 Å². The zero-order valence-electron chi connectivity index (χ0n) is 19.9. The molecule has 1 fully saturated rings. The maximum atomic E-state index is 11.8. The Morgan fingerprint density at radius 3 is 2.52 bits per heavy atom. The first-order valence-corrected chi connectivity index (χ1v) is 11.6. The van der Waals surface area contributed by atoms with Gasteiger partial charge in [0, 0.05) is 37.2 Å². The number of likely N-dealkylation sites (tertiary alicyclic amines) is 1. The zero-order chi connectivity index (χ0) is 22.8. The van der Waals surface area contributed by atoms with Gasteiger partial charge in [0.05, 0.1) is 19.8 Å². The molecule has 0 aliphatic carbocycles. The van der Waals surface area contributed by atoms with Crippen molar-refractivity contribution in [2.24, 2.45) is 16.8 Å². The van der Waals surface area contributed by atoms with Gasteiger partial charge in [0.2, 0.25) is 5.91 Å². The monoisotopic (exact) mass is 564 g/mol. The lowest BCUT2D eigenvalue weighted by molar-refractivity contribution is -0.118. The van der Waals surface area contributed by atoms with Crippen LogP contribution in [0.4, 0.5) is 5.69 Å². The molecule has 3 rings (SSSR count). The van der Waals surface area contributed by atoms with E-state index in [2.05, 4.69) is 34.6 Å². The van der Waals surface area contributed by atoms with Crippen LogP contribution in [0.3, 0.4) is 0 Å². The summed E-state index contributed by atoms with van der Waals surface area (Å²) in [5.41, 5.74) is 3.15. The van der Waals surface area contributed by atoms with E-state index in [0.717, 1.165) is 49.9 Å². The summed E-state index contributed by atoms with van der Waals surface area (Å²) in [6.07, 6.45) is 1.11. The standard InChI is InChI=1S/C26H36N4O2.HI/c1-4-27-26(28-16-21-10-12-24(13-11-21)29-25(31)20(2)3)30-15-14-23(17-30)19-32-18-22-8-6-5-7-9-22;/h5-13,20,23H,4,14-19H2,1-3H3,(H,27,28)(H,29,31);1H. The molecule has 6 nitrogen and oxygen atoms in total. The van der Waals surface area contributed by atoms with Crippen molar-refractivity contribution in [3.63, 3.8) is 0 Å². The predicted octanol–water partition coefficient (Wildman–Crippen LogP) is 4.90. The Balaban J connectivity index is 0.00000385. The summed E-state index contributed by atoms with van der Waals surface area (Å²) in [4.78, 5) is 19.0. The van der Waals surface area contributed by atoms with Gasteiger partial charge in [-0.15, -0.1) is 24.0 Å². The number of carbonyl (C=O) groups is 1. The topological polar surface area (TPSA) is 66.0 Å². The minimum absolute atomic E-state index is 0. The van der Waals surface area contributed by atoms with Crippen molar-refractivity contribution in [1.29, 1.82) is 0 Å². The quantitative estimate of drug-likeness (QED) is 0.258. The molecular formula is C26H37IN4O2. The minimum Gasteiger partial charge on any atom is -0.376 e. The Labute approximate surface area is 215 Å². The fourth-order valence-corrected chi connectivity index (χ4v) is 3.65. The molecule has 2 aromatic carbocycles. The lowest BCUT2D eigenvalue weighted by Gasteiger charge is -2.21. The fourth-order valence-electron chi connectivity index (χ4n) is 3.65. The molecule has 180 valence electrons. The van der Waals surface area contributed by atoms with E-state index in [9.17, 15) is 4.79 Å². The third kappa shape index (κ3) is 8.97. The molecule has 1 atom stereocenters. The highest BCUT2D eigenvalue weighted by molar-refractivity contribution is 14.0. The number of rotatable bonds is 9. The lowest BCUT2D eigenvalue weighted by Crippen LogP contribution is -2.40. The van der Waals surface area contributed by atoms with Gasteiger partial charge in [-0.05, 0) is 36.6 Å². The number of carbonyl (C=O) groups excluding carboxylic acids is 1. The Hall–Kier alpha value is -2.13. The van der Waals surface area contributed by atoms with Crippen LogP contribution in [0.15, 0.2) is 59.6 Å². The number of nitrogens with zero attached hydrogens (tertiary/aromatic N) is 2. The van der Waals surface area contributed by atoms with Gasteiger partial charge in [0.25, 0.3) is 0 Å². The molecule has 2 N–H and O–H groups in total. The Morgan fingerprint density at radius 2 is 1.85 bits per heavy atom. The summed E-state index contributed by atoms with van der Waals surface area (Å²) in [5.74, 6) is 1.47. The highest BCUT2D eigenvalue weighted by atomic mass is 127. The van der Waals surface area contributed by atoms with E-state index in [4.69, 9.17) is 9.73 Å². The van der Waals surface area contributed by atoms with Crippen LogP contribution in [-0.4, -0.2) is 43.0 Å². The van der Waals surface area contributed by atoms with Gasteiger partial charge in [-0.3, -0.25) is 4.79 Å². The molecular weight excluding hydrogens is 527 g/mol. The van der Waals surface area contributed by atoms with Crippen LogP contribution >= 0.6 is 24.0 Å². The number of anilines is 1. The molecule has 1 aliphatic heterocycles. The van der Waals surface area contributed by atoms with Crippen molar-refractivity contribution in [3.05, 3.63) is 65.7 Å². The van der Waals surface area contributed by atoms with Gasteiger partial charge in [-0.25, -0.2) is 4.99 Å². The first-order valence-electron chi connectivity index (χ1n) is 11.6. The maximum absolute atomic E-state index is 11.8. The second-order valence-corrected chi connectivity index (χ2v) is 8.61. The van der Waals surface area contributed by atoms with E-state index >= 15 is 0 Å². The molecule has 7 heteroatoms. The lowest BCUT2D eigenvalue weighted by atomic mass is 10.1. The van der Waals surface area contributed by atoms with Gasteiger partial charge in [-0.2, -0.15) is 0 Å². The molecule has 33 heavy (non-hydrogen) atoms. The number of amides is 1. The van der Waals surface area contributed by atoms with E-state index in [0.29, 0.717) is 19.1 Å². The fraction of sp³-hybridized carbons (Fsp3) is 0.462. The molecule has 0 radical (unpaired) electrons. The van der Waals surface area contributed by atoms with Crippen molar-refractivity contribution in [1.82, 2.24) is 10.2 Å². The number of aliphatic imine (C=N–C) groups is 1. The largest absolute Gasteiger partial charge is 0.376 e. The molecule has 0 aromatic heterocycles. The summed E-state index contributed by atoms with van der Waals surface area (Å²) >= 11 is 0. The van der Waals surface area contributed by atoms with E-state index in [-0.39, 0.29) is 35.8 Å². The van der Waals surface area contributed by atoms with Crippen LogP contribution in [-0.2, 0) is 22.7 Å². The number of hydrogen-bond acceptors (Lipinski definition) is 3. The average Bonchev–Trinajstić information content (AvgIpc) is 3.27. The van der Waals surface area contributed by atoms with Crippen molar-refractivity contribution in [3.8, 4) is 0 Å². The highest BCUT2D eigenvalue weighted by Gasteiger charge is 2.25. The van der Waals surface area contributed by atoms with Crippen LogP contribution in [0.25, 0.3) is 0 Å². The molecule has 1 heterocycles. The van der Waals surface area contributed by atoms with Crippen LogP contribution in [0.2, 0.25) is 0 Å². The average molecular weight is 565 g/mol. The smallest absolute Gasteiger partial charge is 0.226 e. The number of guanidine groups is 1. The number of benzene rings is 2. The van der Waals surface area contributed by atoms with Crippen LogP contribution in [0, 0.1) is 11.8 Å². The molecule has 0 saturated carbocycles. The highest BCUT2D eigenvalue weighted by Crippen LogP contribution is 2.18. The number of halogens is 1. The number of nitrogens with one attached hydrogen (secondary N) is 2. The summed E-state index contributed by atoms with van der Waals surface area (Å²) < 4.78 is 5.96. The molecule has 1 amide bonds.